The largest absolute Gasteiger partial charge is 0.368 e. The maximum atomic E-state index is 12.4. The summed E-state index contributed by atoms with van der Waals surface area (Å²) in [6.45, 7) is 0. The monoisotopic (exact) mass is 374 g/mol. The van der Waals surface area contributed by atoms with Crippen molar-refractivity contribution in [3.63, 3.8) is 0 Å². The van der Waals surface area contributed by atoms with E-state index in [0.717, 1.165) is 12.1 Å². The summed E-state index contributed by atoms with van der Waals surface area (Å²) < 4.78 is 27.0. The van der Waals surface area contributed by atoms with Gasteiger partial charge in [0.2, 0.25) is 15.9 Å². The van der Waals surface area contributed by atoms with Gasteiger partial charge in [0.15, 0.2) is 0 Å². The van der Waals surface area contributed by atoms with Crippen LogP contribution in [-0.4, -0.2) is 25.3 Å². The van der Waals surface area contributed by atoms with Gasteiger partial charge in [-0.05, 0) is 30.2 Å². The van der Waals surface area contributed by atoms with Crippen molar-refractivity contribution in [2.75, 3.05) is 0 Å². The van der Waals surface area contributed by atoms with Gasteiger partial charge in [-0.2, -0.15) is 9.98 Å². The molecule has 0 saturated carbocycles. The molecule has 0 fully saturated rings. The number of rotatable bonds is 7. The van der Waals surface area contributed by atoms with Crippen LogP contribution in [0.15, 0.2) is 53.4 Å². The maximum Gasteiger partial charge on any atom is 0.270 e. The molecule has 1 unspecified atom stereocenters. The smallest absolute Gasteiger partial charge is 0.270 e. The number of carbonyl (C=O) groups excluding carboxylic acids is 1. The second-order valence-electron chi connectivity index (χ2n) is 5.35. The van der Waals surface area contributed by atoms with Crippen LogP contribution in [0.2, 0.25) is 0 Å². The Morgan fingerprint density at radius 1 is 1.27 bits per heavy atom. The highest BCUT2D eigenvalue weighted by Crippen LogP contribution is 2.18. The van der Waals surface area contributed by atoms with E-state index in [0.29, 0.717) is 11.1 Å². The number of amides is 1. The highest BCUT2D eigenvalue weighted by atomic mass is 32.2. The summed E-state index contributed by atoms with van der Waals surface area (Å²) in [7, 11) is -4.22. The topological polar surface area (TPSA) is 156 Å². The molecule has 26 heavy (non-hydrogen) atoms. The average Bonchev–Trinajstić information content (AvgIpc) is 2.61. The minimum absolute atomic E-state index is 0.0704. The van der Waals surface area contributed by atoms with Crippen LogP contribution < -0.4 is 10.5 Å². The molecular weight excluding hydrogens is 360 g/mol. The van der Waals surface area contributed by atoms with Gasteiger partial charge >= 0.3 is 0 Å². The minimum atomic E-state index is -4.22. The Kier molecular flexibility index (Phi) is 5.66. The molecule has 2 aromatic carbocycles. The third-order valence-corrected chi connectivity index (χ3v) is 4.94. The first-order valence-electron chi connectivity index (χ1n) is 7.28. The number of nitro groups is 1. The van der Waals surface area contributed by atoms with Crippen LogP contribution in [-0.2, 0) is 21.2 Å². The second kappa shape index (κ2) is 7.73. The van der Waals surface area contributed by atoms with Crippen LogP contribution in [0.3, 0.4) is 0 Å². The van der Waals surface area contributed by atoms with Crippen LogP contribution in [0.1, 0.15) is 11.1 Å². The van der Waals surface area contributed by atoms with E-state index < -0.39 is 32.6 Å². The van der Waals surface area contributed by atoms with Gasteiger partial charge in [0.25, 0.3) is 5.69 Å². The number of non-ortho nitro benzene ring substituents is 1. The Bertz CT molecular complexity index is 998. The molecular formula is C16H14N4O5S. The maximum absolute atomic E-state index is 12.4. The Morgan fingerprint density at radius 2 is 1.96 bits per heavy atom. The first-order chi connectivity index (χ1) is 12.2. The molecule has 1 atom stereocenters. The zero-order chi connectivity index (χ0) is 19.3. The molecule has 0 radical (unpaired) electrons. The molecule has 3 N–H and O–H groups in total. The number of hydrogen-bond acceptors (Lipinski definition) is 6. The number of nitrogens with zero attached hydrogens (tertiary/aromatic N) is 2. The fourth-order valence-corrected chi connectivity index (χ4v) is 3.47. The van der Waals surface area contributed by atoms with Crippen LogP contribution >= 0.6 is 0 Å². The normalized spacial score (nSPS) is 12.1. The van der Waals surface area contributed by atoms with Gasteiger partial charge in [0.05, 0.1) is 21.5 Å². The summed E-state index contributed by atoms with van der Waals surface area (Å²) in [5, 5.41) is 19.7. The molecule has 0 aliphatic rings. The third kappa shape index (κ3) is 4.62. The predicted molar refractivity (Wildman–Crippen MR) is 91.3 cm³/mol. The number of nitro benzene ring substituents is 1. The number of sulfonamides is 1. The summed E-state index contributed by atoms with van der Waals surface area (Å²) in [6.07, 6.45) is -0.0704. The van der Waals surface area contributed by atoms with E-state index in [9.17, 15) is 23.3 Å². The first kappa shape index (κ1) is 19.0. The highest BCUT2D eigenvalue weighted by Gasteiger charge is 2.25. The zero-order valence-corrected chi connectivity index (χ0v) is 14.1. The minimum Gasteiger partial charge on any atom is -0.368 e. The molecule has 0 heterocycles. The number of nitrogens with one attached hydrogen (secondary N) is 1. The van der Waals surface area contributed by atoms with Crippen molar-refractivity contribution in [1.29, 1.82) is 5.26 Å². The van der Waals surface area contributed by atoms with E-state index >= 15 is 0 Å². The summed E-state index contributed by atoms with van der Waals surface area (Å²) in [6, 6.07) is 11.4. The average molecular weight is 374 g/mol. The molecule has 0 aliphatic heterocycles. The van der Waals surface area contributed by atoms with Crippen molar-refractivity contribution in [1.82, 2.24) is 4.72 Å². The Hall–Kier alpha value is -3.29. The van der Waals surface area contributed by atoms with Crippen LogP contribution in [0.25, 0.3) is 0 Å². The van der Waals surface area contributed by atoms with Crippen molar-refractivity contribution >= 4 is 21.6 Å². The molecule has 0 saturated heterocycles. The van der Waals surface area contributed by atoms with Gasteiger partial charge in [0.1, 0.15) is 6.04 Å². The van der Waals surface area contributed by atoms with Gasteiger partial charge in [-0.15, -0.1) is 0 Å². The van der Waals surface area contributed by atoms with Crippen molar-refractivity contribution in [3.05, 3.63) is 69.8 Å². The number of benzene rings is 2. The lowest BCUT2D eigenvalue weighted by Gasteiger charge is -2.16. The SMILES string of the molecule is N#Cc1cccc(CC(NS(=O)(=O)c2cccc([N+](=O)[O-])c2)C(N)=O)c1. The van der Waals surface area contributed by atoms with E-state index in [2.05, 4.69) is 4.72 Å². The fourth-order valence-electron chi connectivity index (χ4n) is 2.22. The van der Waals surface area contributed by atoms with E-state index in [1.54, 1.807) is 18.2 Å². The van der Waals surface area contributed by atoms with Crippen molar-refractivity contribution < 1.29 is 18.1 Å². The Morgan fingerprint density at radius 3 is 2.58 bits per heavy atom. The van der Waals surface area contributed by atoms with Crippen molar-refractivity contribution in [2.45, 2.75) is 17.4 Å². The summed E-state index contributed by atoms with van der Waals surface area (Å²) >= 11 is 0. The fraction of sp³-hybridized carbons (Fsp3) is 0.125. The van der Waals surface area contributed by atoms with Gasteiger partial charge in [-0.1, -0.05) is 18.2 Å². The molecule has 10 heteroatoms. The van der Waals surface area contributed by atoms with E-state index in [-0.39, 0.29) is 11.3 Å². The molecule has 2 rings (SSSR count). The number of nitriles is 1. The lowest BCUT2D eigenvalue weighted by molar-refractivity contribution is -0.385. The summed E-state index contributed by atoms with van der Waals surface area (Å²) in [5.74, 6) is -0.915. The van der Waals surface area contributed by atoms with Gasteiger partial charge in [0, 0.05) is 12.1 Å². The molecule has 0 bridgehead atoms. The molecule has 0 aromatic heterocycles. The lowest BCUT2D eigenvalue weighted by Crippen LogP contribution is -2.45. The number of primary amides is 1. The Labute approximate surface area is 149 Å². The lowest BCUT2D eigenvalue weighted by atomic mass is 10.0. The van der Waals surface area contributed by atoms with Crippen LogP contribution in [0.5, 0.6) is 0 Å². The summed E-state index contributed by atoms with van der Waals surface area (Å²) in [5.41, 5.74) is 5.77. The molecule has 0 aliphatic carbocycles. The first-order valence-corrected chi connectivity index (χ1v) is 8.76. The number of nitrogens with two attached hydrogens (primary N) is 1. The zero-order valence-electron chi connectivity index (χ0n) is 13.3. The highest BCUT2D eigenvalue weighted by molar-refractivity contribution is 7.89. The van der Waals surface area contributed by atoms with Crippen LogP contribution in [0.4, 0.5) is 5.69 Å². The quantitative estimate of drug-likeness (QED) is 0.540. The third-order valence-electron chi connectivity index (χ3n) is 3.48. The molecule has 0 spiro atoms. The summed E-state index contributed by atoms with van der Waals surface area (Å²) in [4.78, 5) is 21.4. The Balaban J connectivity index is 2.28. The van der Waals surface area contributed by atoms with Gasteiger partial charge in [-0.3, -0.25) is 14.9 Å². The van der Waals surface area contributed by atoms with E-state index in [1.165, 1.54) is 18.2 Å². The molecule has 2 aromatic rings. The van der Waals surface area contributed by atoms with Crippen LogP contribution in [0, 0.1) is 21.4 Å². The molecule has 1 amide bonds. The number of hydrogen-bond donors (Lipinski definition) is 2. The standard InChI is InChI=1S/C16H14N4O5S/c17-10-12-4-1-3-11(7-12)8-15(16(18)21)19-26(24,25)14-6-2-5-13(9-14)20(22)23/h1-7,9,15,19H,8H2,(H2,18,21). The molecule has 134 valence electrons. The van der Waals surface area contributed by atoms with Gasteiger partial charge in [-0.25, -0.2) is 8.42 Å². The molecule has 9 nitrogen and oxygen atoms in total. The number of carbonyl (C=O) groups is 1. The van der Waals surface area contributed by atoms with E-state index in [1.807, 2.05) is 6.07 Å². The van der Waals surface area contributed by atoms with E-state index in [4.69, 9.17) is 11.0 Å². The van der Waals surface area contributed by atoms with Crippen molar-refractivity contribution in [3.8, 4) is 6.07 Å². The predicted octanol–water partition coefficient (Wildman–Crippen LogP) is 0.841. The second-order valence-corrected chi connectivity index (χ2v) is 7.06. The van der Waals surface area contributed by atoms with Gasteiger partial charge < -0.3 is 5.73 Å². The van der Waals surface area contributed by atoms with Crippen molar-refractivity contribution in [2.24, 2.45) is 5.73 Å².